The molecule has 0 bridgehead atoms. The Bertz CT molecular complexity index is 7770. The molecule has 0 aliphatic rings. The van der Waals surface area contributed by atoms with Crippen molar-refractivity contribution in [1.29, 1.82) is 0 Å². The fourth-order valence-electron chi connectivity index (χ4n) is 17.8. The van der Waals surface area contributed by atoms with E-state index in [2.05, 4.69) is 167 Å². The van der Waals surface area contributed by atoms with Gasteiger partial charge in [0.1, 0.15) is 11.3 Å². The first-order chi connectivity index (χ1) is 60.0. The third-order valence-electron chi connectivity index (χ3n) is 23.9. The SMILES string of the molecule is O=P(c1ccccc1)(c1ccccc1)c1ccc(-c2ccc3c(c2)c2ccc(-c4ccc(P(=O)(c5ccccc5)c5ccccc5)cc4)cc2n2c4ccccc4nc32)cc1.O=P(c1ccccc1)(c1ccccc1)c1ccc(-c2ccc3c4ccc(-c5ccc(P(=O)(c6ccccc6)c6ccccc6)cc5)cc4n4c5ccccc5nc4c3c2)cc1. The van der Waals surface area contributed by atoms with Crippen LogP contribution in [0.3, 0.4) is 0 Å². The number of hydrogen-bond acceptors (Lipinski definition) is 6. The Morgan fingerprint density at radius 1 is 0.156 bits per heavy atom. The summed E-state index contributed by atoms with van der Waals surface area (Å²) in [7, 11) is -12.4. The molecule has 122 heavy (non-hydrogen) atoms. The van der Waals surface area contributed by atoms with Crippen molar-refractivity contribution in [3.8, 4) is 44.5 Å². The fraction of sp³-hybridized carbons (Fsp3) is 0. The van der Waals surface area contributed by atoms with Gasteiger partial charge in [0.25, 0.3) is 0 Å². The van der Waals surface area contributed by atoms with Gasteiger partial charge in [0, 0.05) is 85.2 Å². The first-order valence-corrected chi connectivity index (χ1v) is 47.7. The van der Waals surface area contributed by atoms with Gasteiger partial charge in [-0.3, -0.25) is 8.80 Å². The summed E-state index contributed by atoms with van der Waals surface area (Å²) < 4.78 is 64.8. The summed E-state index contributed by atoms with van der Waals surface area (Å²) >= 11 is 0. The number of hydrogen-bond donors (Lipinski definition) is 0. The average Bonchev–Trinajstić information content (AvgIpc) is 1.49. The van der Waals surface area contributed by atoms with Gasteiger partial charge in [0.05, 0.1) is 33.1 Å². The second kappa shape index (κ2) is 31.2. The van der Waals surface area contributed by atoms with E-state index in [1.165, 1.54) is 0 Å². The quantitative estimate of drug-likeness (QED) is 0.0705. The van der Waals surface area contributed by atoms with Crippen LogP contribution < -0.4 is 63.7 Å². The molecule has 4 aromatic heterocycles. The maximum absolute atomic E-state index is 15.1. The van der Waals surface area contributed by atoms with Crippen LogP contribution in [0.4, 0.5) is 0 Å². The highest BCUT2D eigenvalue weighted by atomic mass is 31.2. The number of nitrogens with zero attached hydrogens (tertiary/aromatic N) is 4. The molecule has 18 aromatic carbocycles. The smallest absolute Gasteiger partial charge is 0.171 e. The molecule has 0 aliphatic carbocycles. The summed E-state index contributed by atoms with van der Waals surface area (Å²) in [5.74, 6) is 0. The first kappa shape index (κ1) is 75.3. The van der Waals surface area contributed by atoms with Gasteiger partial charge in [-0.15, -0.1) is 0 Å². The van der Waals surface area contributed by atoms with Gasteiger partial charge in [-0.2, -0.15) is 0 Å². The topological polar surface area (TPSA) is 103 Å². The number of aromatic nitrogens is 4. The van der Waals surface area contributed by atoms with E-state index in [1.54, 1.807) is 0 Å². The Hall–Kier alpha value is -14.2. The Kier molecular flexibility index (Phi) is 19.3. The highest BCUT2D eigenvalue weighted by Gasteiger charge is 2.34. The van der Waals surface area contributed by atoms with E-state index in [1.807, 2.05) is 303 Å². The molecule has 0 amide bonds. The molecule has 0 atom stereocenters. The Morgan fingerprint density at radius 2 is 0.361 bits per heavy atom. The van der Waals surface area contributed by atoms with E-state index in [0.717, 1.165) is 185 Å². The number of benzene rings is 18. The van der Waals surface area contributed by atoms with Crippen molar-refractivity contribution in [2.24, 2.45) is 0 Å². The van der Waals surface area contributed by atoms with E-state index < -0.39 is 28.6 Å². The molecule has 0 saturated heterocycles. The summed E-state index contributed by atoms with van der Waals surface area (Å²) in [6, 6.07) is 154. The fourth-order valence-corrected chi connectivity index (χ4v) is 28.4. The zero-order valence-electron chi connectivity index (χ0n) is 66.1. The van der Waals surface area contributed by atoms with Crippen LogP contribution in [0.5, 0.6) is 0 Å². The van der Waals surface area contributed by atoms with Crippen LogP contribution in [0.1, 0.15) is 0 Å². The van der Waals surface area contributed by atoms with Gasteiger partial charge < -0.3 is 18.3 Å². The van der Waals surface area contributed by atoms with Crippen LogP contribution in [0.15, 0.2) is 461 Å². The lowest BCUT2D eigenvalue weighted by Crippen LogP contribution is -2.24. The third kappa shape index (κ3) is 12.9. The highest BCUT2D eigenvalue weighted by molar-refractivity contribution is 7.86. The summed E-state index contributed by atoms with van der Waals surface area (Å²) in [5.41, 5.74) is 16.2. The highest BCUT2D eigenvalue weighted by Crippen LogP contribution is 2.48. The Morgan fingerprint density at radius 3 is 0.648 bits per heavy atom. The second-order valence-corrected chi connectivity index (χ2v) is 41.9. The molecule has 12 heteroatoms. The summed E-state index contributed by atoms with van der Waals surface area (Å²) in [5, 5.41) is 16.3. The van der Waals surface area contributed by atoms with E-state index in [9.17, 15) is 0 Å². The minimum atomic E-state index is -3.10. The molecule has 0 radical (unpaired) electrons. The van der Waals surface area contributed by atoms with Crippen molar-refractivity contribution in [2.45, 2.75) is 0 Å². The molecule has 0 fully saturated rings. The predicted octanol–water partition coefficient (Wildman–Crippen LogP) is 22.8. The lowest BCUT2D eigenvalue weighted by atomic mass is 9.97. The molecule has 0 N–H and O–H groups in total. The van der Waals surface area contributed by atoms with Crippen molar-refractivity contribution in [3.63, 3.8) is 0 Å². The lowest BCUT2D eigenvalue weighted by Gasteiger charge is -2.20. The van der Waals surface area contributed by atoms with Gasteiger partial charge in [-0.1, -0.05) is 406 Å². The zero-order valence-corrected chi connectivity index (χ0v) is 69.7. The molecule has 0 unspecified atom stereocenters. The van der Waals surface area contributed by atoms with Crippen molar-refractivity contribution >= 4 is 169 Å². The summed E-state index contributed by atoms with van der Waals surface area (Å²) in [6.45, 7) is 0. The molecular formula is C110H76N4O4P4. The largest absolute Gasteiger partial charge is 0.309 e. The van der Waals surface area contributed by atoms with Gasteiger partial charge >= 0.3 is 0 Å². The number of rotatable bonds is 16. The van der Waals surface area contributed by atoms with Crippen molar-refractivity contribution in [3.05, 3.63) is 461 Å². The standard InChI is InChI=1S/2C55H38N2O2P2/c58-60(43-15-5-1-6-16-43,44-17-7-2-8-18-44)47-31-25-39(26-32-47)41-30-36-50-51(37-41)49-35-29-42(38-54(49)57-53-24-14-13-23-52(53)56-55(50)57)40-27-33-48(34-28-40)61(59,45-19-9-3-10-20-45)46-21-11-4-12-22-46;58-60(43-15-5-1-6-16-43,44-17-7-2-8-18-44)47-31-25-39(26-32-47)41-29-35-49-50-36-30-42(38-54(50)57-53-24-14-13-23-52(53)56-55(57)51(49)37-41)40-27-33-48(34-28-40)61(59,45-19-9-3-10-20-45)46-21-11-4-12-22-46/h2*1-38H. The molecule has 0 saturated carbocycles. The molecule has 8 nitrogen and oxygen atoms in total. The van der Waals surface area contributed by atoms with Crippen LogP contribution >= 0.6 is 28.6 Å². The normalized spacial score (nSPS) is 12.1. The average molecular weight is 1640 g/mol. The number of fused-ring (bicyclic) bond motifs is 16. The second-order valence-electron chi connectivity index (χ2n) is 30.8. The van der Waals surface area contributed by atoms with Crippen LogP contribution in [0, 0.1) is 0 Å². The summed E-state index contributed by atoms with van der Waals surface area (Å²) in [4.78, 5) is 10.4. The number of pyridine rings is 2. The van der Waals surface area contributed by atoms with Gasteiger partial charge in [-0.25, -0.2) is 9.97 Å². The zero-order chi connectivity index (χ0) is 81.9. The summed E-state index contributed by atoms with van der Waals surface area (Å²) in [6.07, 6.45) is 0. The van der Waals surface area contributed by atoms with E-state index in [0.29, 0.717) is 0 Å². The van der Waals surface area contributed by atoms with Crippen LogP contribution in [0.25, 0.3) is 121 Å². The molecule has 580 valence electrons. The van der Waals surface area contributed by atoms with Gasteiger partial charge in [-0.05, 0) is 110 Å². The van der Waals surface area contributed by atoms with E-state index in [-0.39, 0.29) is 0 Å². The van der Waals surface area contributed by atoms with Crippen LogP contribution in [0.2, 0.25) is 0 Å². The Labute approximate surface area is 706 Å². The maximum Gasteiger partial charge on any atom is 0.171 e. The van der Waals surface area contributed by atoms with Crippen LogP contribution in [-0.2, 0) is 18.3 Å². The minimum Gasteiger partial charge on any atom is -0.309 e. The maximum atomic E-state index is 15.1. The lowest BCUT2D eigenvalue weighted by molar-refractivity contribution is 0.591. The third-order valence-corrected chi connectivity index (χ3v) is 36.2. The molecule has 22 rings (SSSR count). The molecule has 4 heterocycles. The van der Waals surface area contributed by atoms with Gasteiger partial charge in [0.15, 0.2) is 28.6 Å². The number of para-hydroxylation sites is 4. The predicted molar refractivity (Wildman–Crippen MR) is 515 cm³/mol. The Balaban J connectivity index is 0.000000150. The van der Waals surface area contributed by atoms with Crippen molar-refractivity contribution in [1.82, 2.24) is 18.8 Å². The molecular weight excluding hydrogens is 1570 g/mol. The van der Waals surface area contributed by atoms with E-state index >= 15 is 18.3 Å². The van der Waals surface area contributed by atoms with Crippen molar-refractivity contribution in [2.75, 3.05) is 0 Å². The molecule has 0 aliphatic heterocycles. The molecule has 0 spiro atoms. The van der Waals surface area contributed by atoms with Crippen LogP contribution in [-0.4, -0.2) is 18.8 Å². The number of imidazole rings is 2. The first-order valence-electron chi connectivity index (χ1n) is 40.8. The van der Waals surface area contributed by atoms with Gasteiger partial charge in [0.2, 0.25) is 0 Å². The molecule has 22 aromatic rings. The van der Waals surface area contributed by atoms with E-state index in [4.69, 9.17) is 9.97 Å². The minimum absolute atomic E-state index is 0.798. The monoisotopic (exact) mass is 1640 g/mol. The van der Waals surface area contributed by atoms with Crippen molar-refractivity contribution < 1.29 is 18.3 Å².